The molecular weight excluding hydrogens is 238 g/mol. The molecule has 110 valence electrons. The first kappa shape index (κ1) is 14.8. The lowest BCUT2D eigenvalue weighted by Gasteiger charge is -2.42. The normalized spacial score (nSPS) is 23.9. The summed E-state index contributed by atoms with van der Waals surface area (Å²) in [5.41, 5.74) is 0.344. The summed E-state index contributed by atoms with van der Waals surface area (Å²) in [5, 5.41) is 6.44. The molecule has 2 fully saturated rings. The predicted octanol–water partition coefficient (Wildman–Crippen LogP) is 1.22. The zero-order chi connectivity index (χ0) is 13.7. The van der Waals surface area contributed by atoms with E-state index in [1.165, 1.54) is 32.1 Å². The van der Waals surface area contributed by atoms with Crippen molar-refractivity contribution in [2.45, 2.75) is 38.5 Å². The monoisotopic (exact) mass is 267 g/mol. The van der Waals surface area contributed by atoms with Gasteiger partial charge in [0.15, 0.2) is 0 Å². The lowest BCUT2D eigenvalue weighted by atomic mass is 9.68. The van der Waals surface area contributed by atoms with E-state index in [1.807, 2.05) is 7.05 Å². The molecule has 4 nitrogen and oxygen atoms in total. The molecule has 1 heterocycles. The van der Waals surface area contributed by atoms with Crippen molar-refractivity contribution >= 4 is 5.91 Å². The second-order valence-corrected chi connectivity index (χ2v) is 6.61. The van der Waals surface area contributed by atoms with E-state index in [0.29, 0.717) is 11.3 Å². The Morgan fingerprint density at radius 1 is 1.26 bits per heavy atom. The Morgan fingerprint density at radius 3 is 2.47 bits per heavy atom. The molecule has 0 unspecified atom stereocenters. The molecule has 1 aliphatic heterocycles. The van der Waals surface area contributed by atoms with E-state index in [4.69, 9.17) is 0 Å². The topological polar surface area (TPSA) is 44.4 Å². The first-order valence-corrected chi connectivity index (χ1v) is 7.73. The fourth-order valence-electron chi connectivity index (χ4n) is 3.35. The molecule has 2 rings (SSSR count). The summed E-state index contributed by atoms with van der Waals surface area (Å²) in [6, 6.07) is 0. The highest BCUT2D eigenvalue weighted by molar-refractivity contribution is 5.76. The van der Waals surface area contributed by atoms with Gasteiger partial charge < -0.3 is 15.5 Å². The van der Waals surface area contributed by atoms with Crippen molar-refractivity contribution < 1.29 is 4.79 Å². The van der Waals surface area contributed by atoms with Crippen LogP contribution in [0.4, 0.5) is 0 Å². The minimum absolute atomic E-state index is 0.261. The molecule has 0 spiro atoms. The van der Waals surface area contributed by atoms with Crippen LogP contribution in [-0.2, 0) is 4.79 Å². The van der Waals surface area contributed by atoms with Gasteiger partial charge in [-0.1, -0.05) is 6.42 Å². The number of carbonyl (C=O) groups excluding carboxylic acids is 1. The molecule has 1 amide bonds. The van der Waals surface area contributed by atoms with Gasteiger partial charge in [-0.15, -0.1) is 0 Å². The largest absolute Gasteiger partial charge is 0.355 e. The summed E-state index contributed by atoms with van der Waals surface area (Å²) in [7, 11) is 4.16. The van der Waals surface area contributed by atoms with Crippen LogP contribution >= 0.6 is 0 Å². The first-order chi connectivity index (χ1) is 9.13. The van der Waals surface area contributed by atoms with Gasteiger partial charge >= 0.3 is 0 Å². The Kier molecular flexibility index (Phi) is 5.22. The average Bonchev–Trinajstić information content (AvgIpc) is 2.35. The van der Waals surface area contributed by atoms with Crippen LogP contribution in [0.1, 0.15) is 38.5 Å². The maximum Gasteiger partial charge on any atom is 0.220 e. The minimum atomic E-state index is 0.261. The van der Waals surface area contributed by atoms with E-state index in [2.05, 4.69) is 22.6 Å². The summed E-state index contributed by atoms with van der Waals surface area (Å²) < 4.78 is 0. The van der Waals surface area contributed by atoms with Crippen LogP contribution in [0.15, 0.2) is 0 Å². The van der Waals surface area contributed by atoms with E-state index >= 15 is 0 Å². The molecule has 19 heavy (non-hydrogen) atoms. The maximum absolute atomic E-state index is 12.0. The second kappa shape index (κ2) is 6.71. The van der Waals surface area contributed by atoms with Crippen molar-refractivity contribution in [2.75, 3.05) is 40.3 Å². The fraction of sp³-hybridized carbons (Fsp3) is 0.933. The first-order valence-electron chi connectivity index (χ1n) is 7.73. The quantitative estimate of drug-likeness (QED) is 0.761. The average molecular weight is 267 g/mol. The van der Waals surface area contributed by atoms with E-state index in [1.54, 1.807) is 0 Å². The Hall–Kier alpha value is -0.610. The third-order valence-corrected chi connectivity index (χ3v) is 4.94. The van der Waals surface area contributed by atoms with Gasteiger partial charge in [0.25, 0.3) is 0 Å². The third-order valence-electron chi connectivity index (χ3n) is 4.94. The number of rotatable bonds is 6. The molecule has 0 aromatic rings. The number of nitrogens with one attached hydrogen (secondary N) is 2. The Balaban J connectivity index is 1.67. The Labute approximate surface area is 117 Å². The number of nitrogens with zero attached hydrogens (tertiary/aromatic N) is 1. The van der Waals surface area contributed by atoms with Gasteiger partial charge in [-0.2, -0.15) is 0 Å². The van der Waals surface area contributed by atoms with Crippen molar-refractivity contribution in [2.24, 2.45) is 11.3 Å². The Bertz CT molecular complexity index is 294. The highest BCUT2D eigenvalue weighted by Crippen LogP contribution is 2.39. The van der Waals surface area contributed by atoms with Gasteiger partial charge in [-0.05, 0) is 58.8 Å². The van der Waals surface area contributed by atoms with Gasteiger partial charge in [-0.25, -0.2) is 0 Å². The number of hydrogen-bond donors (Lipinski definition) is 2. The molecule has 1 aliphatic carbocycles. The zero-order valence-electron chi connectivity index (χ0n) is 12.5. The van der Waals surface area contributed by atoms with E-state index in [9.17, 15) is 4.79 Å². The molecule has 2 N–H and O–H groups in total. The van der Waals surface area contributed by atoms with Crippen LogP contribution in [-0.4, -0.2) is 51.1 Å². The number of carbonyl (C=O) groups is 1. The summed E-state index contributed by atoms with van der Waals surface area (Å²) in [4.78, 5) is 14.4. The van der Waals surface area contributed by atoms with Crippen molar-refractivity contribution in [1.82, 2.24) is 15.5 Å². The van der Waals surface area contributed by atoms with Crippen LogP contribution < -0.4 is 10.6 Å². The van der Waals surface area contributed by atoms with E-state index in [-0.39, 0.29) is 5.91 Å². The van der Waals surface area contributed by atoms with E-state index in [0.717, 1.165) is 32.6 Å². The predicted molar refractivity (Wildman–Crippen MR) is 78.1 cm³/mol. The van der Waals surface area contributed by atoms with Crippen molar-refractivity contribution in [3.63, 3.8) is 0 Å². The lowest BCUT2D eigenvalue weighted by molar-refractivity contribution is -0.123. The van der Waals surface area contributed by atoms with Crippen LogP contribution in [0.2, 0.25) is 0 Å². The number of likely N-dealkylation sites (tertiary alicyclic amines) is 1. The molecular formula is C15H29N3O. The second-order valence-electron chi connectivity index (χ2n) is 6.61. The molecule has 4 heteroatoms. The number of amides is 1. The van der Waals surface area contributed by atoms with Crippen LogP contribution in [0.3, 0.4) is 0 Å². The summed E-state index contributed by atoms with van der Waals surface area (Å²) in [5.74, 6) is 0.856. The van der Waals surface area contributed by atoms with Gasteiger partial charge in [0.2, 0.25) is 5.91 Å². The van der Waals surface area contributed by atoms with E-state index < -0.39 is 0 Å². The smallest absolute Gasteiger partial charge is 0.220 e. The van der Waals surface area contributed by atoms with Crippen molar-refractivity contribution in [3.05, 3.63) is 0 Å². The standard InChI is InChI=1S/C15H29N3O/c1-16-11-15(6-3-7-15)12-17-14(19)10-13-4-8-18(2)9-5-13/h13,16H,3-12H2,1-2H3,(H,17,19). The fourth-order valence-corrected chi connectivity index (χ4v) is 3.35. The van der Waals surface area contributed by atoms with Gasteiger partial charge in [0.05, 0.1) is 0 Å². The molecule has 0 aromatic heterocycles. The molecule has 0 radical (unpaired) electrons. The van der Waals surface area contributed by atoms with Crippen LogP contribution in [0.25, 0.3) is 0 Å². The number of hydrogen-bond acceptors (Lipinski definition) is 3. The third kappa shape index (κ3) is 4.18. The summed E-state index contributed by atoms with van der Waals surface area (Å²) in [6.07, 6.45) is 6.89. The number of piperidine rings is 1. The van der Waals surface area contributed by atoms with Crippen LogP contribution in [0.5, 0.6) is 0 Å². The molecule has 0 aromatic carbocycles. The minimum Gasteiger partial charge on any atom is -0.355 e. The van der Waals surface area contributed by atoms with Gasteiger partial charge in [0.1, 0.15) is 0 Å². The lowest BCUT2D eigenvalue weighted by Crippen LogP contribution is -2.48. The highest BCUT2D eigenvalue weighted by atomic mass is 16.1. The highest BCUT2D eigenvalue weighted by Gasteiger charge is 2.36. The molecule has 1 saturated heterocycles. The zero-order valence-corrected chi connectivity index (χ0v) is 12.5. The maximum atomic E-state index is 12.0. The van der Waals surface area contributed by atoms with Crippen molar-refractivity contribution in [1.29, 1.82) is 0 Å². The summed E-state index contributed by atoms with van der Waals surface area (Å²) >= 11 is 0. The van der Waals surface area contributed by atoms with Crippen molar-refractivity contribution in [3.8, 4) is 0 Å². The molecule has 0 atom stereocenters. The molecule has 2 aliphatic rings. The Morgan fingerprint density at radius 2 is 1.95 bits per heavy atom. The van der Waals surface area contributed by atoms with Gasteiger partial charge in [0, 0.05) is 24.9 Å². The van der Waals surface area contributed by atoms with Crippen LogP contribution in [0, 0.1) is 11.3 Å². The molecule has 1 saturated carbocycles. The summed E-state index contributed by atoms with van der Waals surface area (Å²) in [6.45, 7) is 4.17. The molecule has 0 bridgehead atoms. The van der Waals surface area contributed by atoms with Gasteiger partial charge in [-0.3, -0.25) is 4.79 Å². The SMILES string of the molecule is CNCC1(CNC(=O)CC2CCN(C)CC2)CCC1.